The molecule has 0 fully saturated rings. The van der Waals surface area contributed by atoms with Gasteiger partial charge in [0.05, 0.1) is 10.9 Å². The van der Waals surface area contributed by atoms with Gasteiger partial charge in [-0.25, -0.2) is 9.59 Å². The number of ether oxygens (including phenoxy) is 1. The molecule has 0 aliphatic rings. The fourth-order valence-corrected chi connectivity index (χ4v) is 2.18. The maximum absolute atomic E-state index is 11.6. The molecule has 21 heavy (non-hydrogen) atoms. The fraction of sp³-hybridized carbons (Fsp3) is 0.0667. The van der Waals surface area contributed by atoms with Crippen molar-refractivity contribution < 1.29 is 9.15 Å². The summed E-state index contributed by atoms with van der Waals surface area (Å²) in [5, 5.41) is 0.280. The molecule has 2 aromatic carbocycles. The van der Waals surface area contributed by atoms with E-state index in [1.54, 1.807) is 18.2 Å². The normalized spacial score (nSPS) is 10.7. The van der Waals surface area contributed by atoms with Crippen LogP contribution in [0.15, 0.2) is 60.9 Å². The molecule has 1 aromatic heterocycles. The number of hydrogen-bond donors (Lipinski definition) is 1. The summed E-state index contributed by atoms with van der Waals surface area (Å²) in [7, 11) is 0. The summed E-state index contributed by atoms with van der Waals surface area (Å²) in [6.45, 7) is 0.382. The highest BCUT2D eigenvalue weighted by molar-refractivity contribution is 9.10. The second-order valence-electron chi connectivity index (χ2n) is 4.42. The number of halogens is 1. The lowest BCUT2D eigenvalue weighted by molar-refractivity contribution is 0.306. The van der Waals surface area contributed by atoms with Crippen LogP contribution in [-0.4, -0.2) is 4.98 Å². The molecular formula is C15H10BrNO4. The Morgan fingerprint density at radius 2 is 1.86 bits per heavy atom. The van der Waals surface area contributed by atoms with E-state index in [1.807, 2.05) is 24.3 Å². The van der Waals surface area contributed by atoms with E-state index in [0.717, 1.165) is 10.0 Å². The Morgan fingerprint density at radius 1 is 1.10 bits per heavy atom. The maximum Gasteiger partial charge on any atom is 0.419 e. The van der Waals surface area contributed by atoms with Crippen LogP contribution in [0.5, 0.6) is 5.75 Å². The van der Waals surface area contributed by atoms with Crippen LogP contribution in [0.25, 0.3) is 10.9 Å². The molecule has 0 atom stereocenters. The molecule has 0 saturated carbocycles. The standard InChI is InChI=1S/C15H10BrNO4/c16-10-3-1-9(2-4-10)8-20-11-5-6-13-12(7-11)14(18)21-15(19)17-13/h1-7H,8H2,(H,17,19). The van der Waals surface area contributed by atoms with Crippen molar-refractivity contribution in [3.63, 3.8) is 0 Å². The first-order chi connectivity index (χ1) is 10.1. The second-order valence-corrected chi connectivity index (χ2v) is 5.34. The van der Waals surface area contributed by atoms with E-state index in [4.69, 9.17) is 4.74 Å². The molecule has 0 bridgehead atoms. The van der Waals surface area contributed by atoms with Gasteiger partial charge < -0.3 is 9.15 Å². The summed E-state index contributed by atoms with van der Waals surface area (Å²) in [6.07, 6.45) is 0. The Labute approximate surface area is 127 Å². The molecule has 0 aliphatic heterocycles. The number of fused-ring (bicyclic) bond motifs is 1. The van der Waals surface area contributed by atoms with Crippen LogP contribution in [0, 0.1) is 0 Å². The molecule has 106 valence electrons. The summed E-state index contributed by atoms with van der Waals surface area (Å²) in [5.41, 5.74) is 0.752. The molecule has 1 heterocycles. The van der Waals surface area contributed by atoms with E-state index in [0.29, 0.717) is 17.9 Å². The van der Waals surface area contributed by atoms with Gasteiger partial charge >= 0.3 is 11.4 Å². The maximum atomic E-state index is 11.6. The predicted molar refractivity (Wildman–Crippen MR) is 81.6 cm³/mol. The monoisotopic (exact) mass is 347 g/mol. The zero-order valence-corrected chi connectivity index (χ0v) is 12.3. The molecule has 0 amide bonds. The third kappa shape index (κ3) is 3.05. The second kappa shape index (κ2) is 5.57. The van der Waals surface area contributed by atoms with E-state index in [9.17, 15) is 9.59 Å². The SMILES string of the molecule is O=c1[nH]c2ccc(OCc3ccc(Br)cc3)cc2c(=O)o1. The minimum absolute atomic E-state index is 0.280. The lowest BCUT2D eigenvalue weighted by Gasteiger charge is -2.07. The molecule has 0 aliphatic carbocycles. The van der Waals surface area contributed by atoms with Gasteiger partial charge in [-0.15, -0.1) is 0 Å². The van der Waals surface area contributed by atoms with Crippen LogP contribution in [0.1, 0.15) is 5.56 Å². The summed E-state index contributed by atoms with van der Waals surface area (Å²) in [4.78, 5) is 25.1. The minimum Gasteiger partial charge on any atom is -0.489 e. The molecule has 0 spiro atoms. The molecule has 0 unspecified atom stereocenters. The van der Waals surface area contributed by atoms with Gasteiger partial charge in [0.15, 0.2) is 0 Å². The Kier molecular flexibility index (Phi) is 3.62. The van der Waals surface area contributed by atoms with Gasteiger partial charge in [0, 0.05) is 4.47 Å². The number of rotatable bonds is 3. The predicted octanol–water partition coefficient (Wildman–Crippen LogP) is 2.82. The molecular weight excluding hydrogens is 338 g/mol. The topological polar surface area (TPSA) is 72.3 Å². The third-order valence-corrected chi connectivity index (χ3v) is 3.48. The smallest absolute Gasteiger partial charge is 0.419 e. The van der Waals surface area contributed by atoms with E-state index in [-0.39, 0.29) is 5.39 Å². The van der Waals surface area contributed by atoms with Crippen molar-refractivity contribution in [2.75, 3.05) is 0 Å². The van der Waals surface area contributed by atoms with Crippen LogP contribution < -0.4 is 16.1 Å². The van der Waals surface area contributed by atoms with Gasteiger partial charge in [0.2, 0.25) is 0 Å². The first-order valence-corrected chi connectivity index (χ1v) is 6.95. The molecule has 5 nitrogen and oxygen atoms in total. The van der Waals surface area contributed by atoms with Crippen LogP contribution in [-0.2, 0) is 6.61 Å². The van der Waals surface area contributed by atoms with Crippen molar-refractivity contribution in [3.8, 4) is 5.75 Å². The molecule has 3 aromatic rings. The summed E-state index contributed by atoms with van der Waals surface area (Å²) in [6, 6.07) is 12.6. The van der Waals surface area contributed by atoms with Gasteiger partial charge in [-0.1, -0.05) is 28.1 Å². The van der Waals surface area contributed by atoms with Crippen molar-refractivity contribution in [2.24, 2.45) is 0 Å². The largest absolute Gasteiger partial charge is 0.489 e. The van der Waals surface area contributed by atoms with Gasteiger partial charge in [-0.2, -0.15) is 0 Å². The van der Waals surface area contributed by atoms with E-state index in [2.05, 4.69) is 25.3 Å². The zero-order valence-electron chi connectivity index (χ0n) is 10.8. The average Bonchev–Trinajstić information content (AvgIpc) is 2.47. The summed E-state index contributed by atoms with van der Waals surface area (Å²) >= 11 is 3.37. The van der Waals surface area contributed by atoms with Crippen molar-refractivity contribution >= 4 is 26.8 Å². The number of hydrogen-bond acceptors (Lipinski definition) is 4. The Bertz CT molecular complexity index is 896. The van der Waals surface area contributed by atoms with Crippen LogP contribution >= 0.6 is 15.9 Å². The van der Waals surface area contributed by atoms with Gasteiger partial charge in [-0.3, -0.25) is 4.98 Å². The molecule has 0 saturated heterocycles. The zero-order chi connectivity index (χ0) is 14.8. The highest BCUT2D eigenvalue weighted by Gasteiger charge is 2.05. The highest BCUT2D eigenvalue weighted by Crippen LogP contribution is 2.18. The van der Waals surface area contributed by atoms with Gasteiger partial charge in [0.1, 0.15) is 12.4 Å². The molecule has 3 rings (SSSR count). The fourth-order valence-electron chi connectivity index (χ4n) is 1.91. The number of aromatic nitrogens is 1. The van der Waals surface area contributed by atoms with Crippen molar-refractivity contribution in [3.05, 3.63) is 73.5 Å². The number of aromatic amines is 1. The lowest BCUT2D eigenvalue weighted by atomic mass is 10.2. The average molecular weight is 348 g/mol. The lowest BCUT2D eigenvalue weighted by Crippen LogP contribution is -2.14. The van der Waals surface area contributed by atoms with Crippen LogP contribution in [0.3, 0.4) is 0 Å². The number of benzene rings is 2. The highest BCUT2D eigenvalue weighted by atomic mass is 79.9. The van der Waals surface area contributed by atoms with Crippen LogP contribution in [0.2, 0.25) is 0 Å². The van der Waals surface area contributed by atoms with Crippen molar-refractivity contribution in [2.45, 2.75) is 6.61 Å². The Balaban J connectivity index is 1.86. The summed E-state index contributed by atoms with van der Waals surface area (Å²) in [5.74, 6) is -0.235. The summed E-state index contributed by atoms with van der Waals surface area (Å²) < 4.78 is 11.1. The first kappa shape index (κ1) is 13.6. The molecule has 6 heteroatoms. The minimum atomic E-state index is -0.768. The van der Waals surface area contributed by atoms with Gasteiger partial charge in [-0.05, 0) is 35.9 Å². The molecule has 1 N–H and O–H groups in total. The van der Waals surface area contributed by atoms with E-state index in [1.165, 1.54) is 0 Å². The Hall–Kier alpha value is -2.34. The van der Waals surface area contributed by atoms with Crippen molar-refractivity contribution in [1.82, 2.24) is 4.98 Å². The van der Waals surface area contributed by atoms with E-state index >= 15 is 0 Å². The quantitative estimate of drug-likeness (QED) is 0.790. The number of H-pyrrole nitrogens is 1. The van der Waals surface area contributed by atoms with E-state index < -0.39 is 11.4 Å². The third-order valence-electron chi connectivity index (χ3n) is 2.95. The van der Waals surface area contributed by atoms with Crippen LogP contribution in [0.4, 0.5) is 0 Å². The van der Waals surface area contributed by atoms with Crippen molar-refractivity contribution in [1.29, 1.82) is 0 Å². The number of nitrogens with one attached hydrogen (secondary N) is 1. The van der Waals surface area contributed by atoms with Gasteiger partial charge in [0.25, 0.3) is 0 Å². The Morgan fingerprint density at radius 3 is 2.62 bits per heavy atom. The first-order valence-electron chi connectivity index (χ1n) is 6.16. The molecule has 0 radical (unpaired) electrons.